The molecule has 3 amide bonds. The molecule has 126 valence electrons. The van der Waals surface area contributed by atoms with Gasteiger partial charge in [0.2, 0.25) is 5.91 Å². The van der Waals surface area contributed by atoms with Crippen LogP contribution < -0.4 is 4.90 Å². The Kier molecular flexibility index (Phi) is 4.48. The monoisotopic (exact) mass is 334 g/mol. The molecule has 2 aromatic rings. The second kappa shape index (κ2) is 6.73. The zero-order valence-corrected chi connectivity index (χ0v) is 13.9. The molecule has 0 N–H and O–H groups in total. The lowest BCUT2D eigenvalue weighted by Gasteiger charge is -2.28. The lowest BCUT2D eigenvalue weighted by molar-refractivity contribution is -0.121. The van der Waals surface area contributed by atoms with Gasteiger partial charge in [-0.2, -0.15) is 0 Å². The number of anilines is 1. The van der Waals surface area contributed by atoms with Gasteiger partial charge in [0, 0.05) is 12.2 Å². The molecule has 0 bridgehead atoms. The largest absolute Gasteiger partial charge is 0.307 e. The lowest BCUT2D eigenvalue weighted by atomic mass is 10.1. The molecule has 5 nitrogen and oxygen atoms in total. The van der Waals surface area contributed by atoms with Crippen molar-refractivity contribution in [3.63, 3.8) is 0 Å². The highest BCUT2D eigenvalue weighted by molar-refractivity contribution is 6.23. The van der Waals surface area contributed by atoms with Crippen molar-refractivity contribution in [1.29, 1.82) is 0 Å². The fourth-order valence-corrected chi connectivity index (χ4v) is 2.96. The van der Waals surface area contributed by atoms with Gasteiger partial charge >= 0.3 is 0 Å². The molecule has 0 aliphatic carbocycles. The van der Waals surface area contributed by atoms with Gasteiger partial charge in [0.25, 0.3) is 11.8 Å². The van der Waals surface area contributed by atoms with Crippen molar-refractivity contribution >= 4 is 23.4 Å². The Morgan fingerprint density at radius 3 is 2.08 bits per heavy atom. The van der Waals surface area contributed by atoms with Crippen molar-refractivity contribution in [3.05, 3.63) is 78.4 Å². The third-order valence-electron chi connectivity index (χ3n) is 4.22. The minimum absolute atomic E-state index is 0.288. The number of hydrogen-bond acceptors (Lipinski definition) is 3. The topological polar surface area (TPSA) is 57.7 Å². The van der Waals surface area contributed by atoms with Crippen LogP contribution in [-0.2, 0) is 4.79 Å². The van der Waals surface area contributed by atoms with Gasteiger partial charge in [-0.05, 0) is 31.2 Å². The summed E-state index contributed by atoms with van der Waals surface area (Å²) in [5.74, 6) is -1.21. The zero-order valence-electron chi connectivity index (χ0n) is 13.9. The van der Waals surface area contributed by atoms with Gasteiger partial charge in [-0.3, -0.25) is 19.3 Å². The maximum Gasteiger partial charge on any atom is 0.262 e. The normalized spacial score (nSPS) is 14.2. The number of hydrogen-bond donors (Lipinski definition) is 0. The Morgan fingerprint density at radius 2 is 1.56 bits per heavy atom. The number of amides is 3. The van der Waals surface area contributed by atoms with E-state index in [0.29, 0.717) is 16.8 Å². The average molecular weight is 334 g/mol. The minimum Gasteiger partial charge on any atom is -0.307 e. The molecule has 0 saturated heterocycles. The van der Waals surface area contributed by atoms with Gasteiger partial charge in [0.15, 0.2) is 0 Å². The second-order valence-corrected chi connectivity index (χ2v) is 5.77. The van der Waals surface area contributed by atoms with Crippen LogP contribution in [0.1, 0.15) is 27.6 Å². The van der Waals surface area contributed by atoms with Crippen molar-refractivity contribution in [2.24, 2.45) is 0 Å². The van der Waals surface area contributed by atoms with Crippen molar-refractivity contribution in [2.45, 2.75) is 13.0 Å². The van der Waals surface area contributed by atoms with E-state index in [-0.39, 0.29) is 12.5 Å². The SMILES string of the molecule is C=CCN(C(=O)C(C)N1C(=O)c2ccccc2C1=O)c1ccccc1. The van der Waals surface area contributed by atoms with Crippen LogP contribution in [0.2, 0.25) is 0 Å². The number of imide groups is 1. The molecule has 5 heteroatoms. The van der Waals surface area contributed by atoms with Gasteiger partial charge in [0.05, 0.1) is 11.1 Å². The van der Waals surface area contributed by atoms with Crippen molar-refractivity contribution in [1.82, 2.24) is 4.90 Å². The number of carbonyl (C=O) groups excluding carboxylic acids is 3. The fourth-order valence-electron chi connectivity index (χ4n) is 2.96. The molecule has 3 rings (SSSR count). The van der Waals surface area contributed by atoms with Gasteiger partial charge in [-0.1, -0.05) is 36.4 Å². The van der Waals surface area contributed by atoms with Crippen LogP contribution in [0.25, 0.3) is 0 Å². The summed E-state index contributed by atoms with van der Waals surface area (Å²) in [6.45, 7) is 5.55. The van der Waals surface area contributed by atoms with E-state index >= 15 is 0 Å². The third kappa shape index (κ3) is 2.85. The Morgan fingerprint density at radius 1 is 1.04 bits per heavy atom. The van der Waals surface area contributed by atoms with Crippen molar-refractivity contribution in [3.8, 4) is 0 Å². The number of nitrogens with zero attached hydrogens (tertiary/aromatic N) is 2. The molecule has 0 aromatic heterocycles. The summed E-state index contributed by atoms with van der Waals surface area (Å²) in [5, 5.41) is 0. The summed E-state index contributed by atoms with van der Waals surface area (Å²) in [6.07, 6.45) is 1.61. The average Bonchev–Trinajstić information content (AvgIpc) is 2.90. The zero-order chi connectivity index (χ0) is 18.0. The molecule has 25 heavy (non-hydrogen) atoms. The predicted octanol–water partition coefficient (Wildman–Crippen LogP) is 2.89. The molecule has 0 fully saturated rings. The quantitative estimate of drug-likeness (QED) is 0.624. The first-order valence-electron chi connectivity index (χ1n) is 8.00. The van der Waals surface area contributed by atoms with Crippen LogP contribution in [0.4, 0.5) is 5.69 Å². The van der Waals surface area contributed by atoms with E-state index in [1.54, 1.807) is 49.4 Å². The van der Waals surface area contributed by atoms with Gasteiger partial charge in [-0.25, -0.2) is 0 Å². The molecular formula is C20H18N2O3. The van der Waals surface area contributed by atoms with Crippen LogP contribution in [0, 0.1) is 0 Å². The van der Waals surface area contributed by atoms with E-state index in [4.69, 9.17) is 0 Å². The van der Waals surface area contributed by atoms with Gasteiger partial charge in [-0.15, -0.1) is 6.58 Å². The van der Waals surface area contributed by atoms with Gasteiger partial charge in [0.1, 0.15) is 6.04 Å². The van der Waals surface area contributed by atoms with E-state index in [1.807, 2.05) is 18.2 Å². The van der Waals surface area contributed by atoms with E-state index in [0.717, 1.165) is 4.90 Å². The molecule has 2 aromatic carbocycles. The third-order valence-corrected chi connectivity index (χ3v) is 4.22. The Labute approximate surface area is 146 Å². The van der Waals surface area contributed by atoms with Crippen LogP contribution in [-0.4, -0.2) is 35.2 Å². The summed E-state index contributed by atoms with van der Waals surface area (Å²) in [4.78, 5) is 40.7. The summed E-state index contributed by atoms with van der Waals surface area (Å²) < 4.78 is 0. The first-order chi connectivity index (χ1) is 12.1. The molecule has 1 atom stereocenters. The summed E-state index contributed by atoms with van der Waals surface area (Å²) >= 11 is 0. The van der Waals surface area contributed by atoms with Crippen molar-refractivity contribution in [2.75, 3.05) is 11.4 Å². The summed E-state index contributed by atoms with van der Waals surface area (Å²) in [7, 11) is 0. The van der Waals surface area contributed by atoms with Crippen LogP contribution in [0.15, 0.2) is 67.3 Å². The summed E-state index contributed by atoms with van der Waals surface area (Å²) in [5.41, 5.74) is 1.36. The van der Waals surface area contributed by atoms with Crippen LogP contribution in [0.3, 0.4) is 0 Å². The van der Waals surface area contributed by atoms with Crippen LogP contribution >= 0.6 is 0 Å². The molecule has 1 aliphatic rings. The predicted molar refractivity (Wildman–Crippen MR) is 95.4 cm³/mol. The lowest BCUT2D eigenvalue weighted by Crippen LogP contribution is -2.49. The van der Waals surface area contributed by atoms with Crippen LogP contribution in [0.5, 0.6) is 0 Å². The fraction of sp³-hybridized carbons (Fsp3) is 0.150. The first kappa shape index (κ1) is 16.6. The standard InChI is InChI=1S/C20H18N2O3/c1-3-13-21(15-9-5-4-6-10-15)18(23)14(2)22-19(24)16-11-7-8-12-17(16)20(22)25/h3-12,14H,1,13H2,2H3. The first-order valence-corrected chi connectivity index (χ1v) is 8.00. The van der Waals surface area contributed by atoms with Crippen molar-refractivity contribution < 1.29 is 14.4 Å². The second-order valence-electron chi connectivity index (χ2n) is 5.77. The highest BCUT2D eigenvalue weighted by atomic mass is 16.2. The van der Waals surface area contributed by atoms with E-state index in [1.165, 1.54) is 4.90 Å². The molecule has 0 spiro atoms. The van der Waals surface area contributed by atoms with E-state index in [9.17, 15) is 14.4 Å². The highest BCUT2D eigenvalue weighted by Gasteiger charge is 2.41. The number of rotatable bonds is 5. The minimum atomic E-state index is -0.910. The van der Waals surface area contributed by atoms with Gasteiger partial charge < -0.3 is 4.90 Å². The Hall–Kier alpha value is -3.21. The van der Waals surface area contributed by atoms with E-state index < -0.39 is 17.9 Å². The Bertz CT molecular complexity index is 810. The number of benzene rings is 2. The number of para-hydroxylation sites is 1. The molecule has 1 heterocycles. The maximum atomic E-state index is 13.0. The molecular weight excluding hydrogens is 316 g/mol. The maximum absolute atomic E-state index is 13.0. The van der Waals surface area contributed by atoms with E-state index in [2.05, 4.69) is 6.58 Å². The molecule has 0 radical (unpaired) electrons. The molecule has 0 saturated carbocycles. The summed E-state index contributed by atoms with van der Waals surface area (Å²) in [6, 6.07) is 14.8. The molecule has 1 unspecified atom stereocenters. The number of fused-ring (bicyclic) bond motifs is 1. The smallest absolute Gasteiger partial charge is 0.262 e. The molecule has 1 aliphatic heterocycles. The highest BCUT2D eigenvalue weighted by Crippen LogP contribution is 2.26. The Balaban J connectivity index is 1.91. The number of carbonyl (C=O) groups is 3.